The zero-order valence-corrected chi connectivity index (χ0v) is 10.7. The number of anilines is 1. The molecule has 0 saturated heterocycles. The highest BCUT2D eigenvalue weighted by molar-refractivity contribution is 5.93. The monoisotopic (exact) mass is 260 g/mol. The van der Waals surface area contributed by atoms with Crippen LogP contribution >= 0.6 is 0 Å². The number of fused-ring (bicyclic) bond motifs is 2. The van der Waals surface area contributed by atoms with Crippen molar-refractivity contribution in [2.45, 2.75) is 0 Å². The van der Waals surface area contributed by atoms with E-state index in [2.05, 4.69) is 22.1 Å². The Bertz CT molecular complexity index is 924. The van der Waals surface area contributed by atoms with E-state index < -0.39 is 0 Å². The van der Waals surface area contributed by atoms with Crippen molar-refractivity contribution in [3.8, 4) is 11.3 Å². The molecule has 0 bridgehead atoms. The maximum absolute atomic E-state index is 5.74. The van der Waals surface area contributed by atoms with Gasteiger partial charge in [-0.1, -0.05) is 36.4 Å². The summed E-state index contributed by atoms with van der Waals surface area (Å²) in [6.45, 7) is 0. The Morgan fingerprint density at radius 2 is 1.75 bits per heavy atom. The lowest BCUT2D eigenvalue weighted by atomic mass is 10.1. The van der Waals surface area contributed by atoms with Gasteiger partial charge in [-0.2, -0.15) is 0 Å². The fourth-order valence-electron chi connectivity index (χ4n) is 2.47. The summed E-state index contributed by atoms with van der Waals surface area (Å²) in [6.07, 6.45) is 0. The van der Waals surface area contributed by atoms with Crippen LogP contribution in [0.1, 0.15) is 0 Å². The molecule has 0 radical (unpaired) electrons. The molecule has 0 atom stereocenters. The van der Waals surface area contributed by atoms with Gasteiger partial charge in [-0.3, -0.25) is 0 Å². The molecule has 20 heavy (non-hydrogen) atoms. The fraction of sp³-hybridized carbons (Fsp3) is 0. The minimum absolute atomic E-state index is 0.424. The summed E-state index contributed by atoms with van der Waals surface area (Å²) in [6, 6.07) is 18.1. The minimum Gasteiger partial charge on any atom is -0.369 e. The summed E-state index contributed by atoms with van der Waals surface area (Å²) in [5.41, 5.74) is 10.4. The zero-order valence-electron chi connectivity index (χ0n) is 10.7. The van der Waals surface area contributed by atoms with Gasteiger partial charge >= 0.3 is 0 Å². The van der Waals surface area contributed by atoms with Gasteiger partial charge in [0.05, 0.1) is 22.2 Å². The highest BCUT2D eigenvalue weighted by atomic mass is 15.0. The van der Waals surface area contributed by atoms with Gasteiger partial charge in [0.25, 0.3) is 0 Å². The topological polar surface area (TPSA) is 67.6 Å². The number of aromatic nitrogens is 3. The summed E-state index contributed by atoms with van der Waals surface area (Å²) in [5, 5.41) is 1.13. The van der Waals surface area contributed by atoms with E-state index >= 15 is 0 Å². The van der Waals surface area contributed by atoms with E-state index in [1.807, 2.05) is 42.5 Å². The molecule has 0 amide bonds. The lowest BCUT2D eigenvalue weighted by Crippen LogP contribution is -1.87. The molecule has 0 aliphatic rings. The number of para-hydroxylation sites is 2. The highest BCUT2D eigenvalue weighted by Crippen LogP contribution is 2.27. The number of nitrogens with one attached hydrogen (secondary N) is 1. The average molecular weight is 260 g/mol. The van der Waals surface area contributed by atoms with Crippen LogP contribution in [0.4, 0.5) is 5.95 Å². The number of imidazole rings is 1. The lowest BCUT2D eigenvalue weighted by Gasteiger charge is -2.04. The number of aromatic amines is 1. The van der Waals surface area contributed by atoms with E-state index in [1.54, 1.807) is 0 Å². The third-order valence-corrected chi connectivity index (χ3v) is 3.41. The van der Waals surface area contributed by atoms with Crippen LogP contribution in [-0.4, -0.2) is 15.0 Å². The van der Waals surface area contributed by atoms with Crippen molar-refractivity contribution in [2.24, 2.45) is 0 Å². The zero-order chi connectivity index (χ0) is 13.5. The molecule has 0 fully saturated rings. The molecule has 4 aromatic rings. The lowest BCUT2D eigenvalue weighted by molar-refractivity contribution is 1.35. The van der Waals surface area contributed by atoms with Crippen molar-refractivity contribution < 1.29 is 0 Å². The van der Waals surface area contributed by atoms with Crippen LogP contribution < -0.4 is 5.73 Å². The van der Waals surface area contributed by atoms with E-state index in [4.69, 9.17) is 10.7 Å². The number of H-pyrrole nitrogens is 1. The number of nitrogens with zero attached hydrogens (tertiary/aromatic N) is 2. The van der Waals surface area contributed by atoms with Gasteiger partial charge in [0.15, 0.2) is 5.95 Å². The van der Waals surface area contributed by atoms with Crippen LogP contribution in [0.25, 0.3) is 33.2 Å². The SMILES string of the molecule is Nc1nc2c(-c3ccc4ccccc4n3)cccc2[nH]1. The molecule has 4 heteroatoms. The molecule has 0 aliphatic heterocycles. The quantitative estimate of drug-likeness (QED) is 0.551. The highest BCUT2D eigenvalue weighted by Gasteiger charge is 2.09. The third-order valence-electron chi connectivity index (χ3n) is 3.41. The number of pyridine rings is 1. The largest absolute Gasteiger partial charge is 0.369 e. The Kier molecular flexibility index (Phi) is 2.23. The molecule has 0 saturated carbocycles. The van der Waals surface area contributed by atoms with Crippen LogP contribution in [-0.2, 0) is 0 Å². The molecular formula is C16H12N4. The Hall–Kier alpha value is -2.88. The Morgan fingerprint density at radius 3 is 2.70 bits per heavy atom. The molecule has 0 unspecified atom stereocenters. The van der Waals surface area contributed by atoms with Crippen LogP contribution in [0.15, 0.2) is 54.6 Å². The van der Waals surface area contributed by atoms with E-state index in [0.29, 0.717) is 5.95 Å². The first kappa shape index (κ1) is 11.0. The Morgan fingerprint density at radius 1 is 0.850 bits per heavy atom. The number of hydrogen-bond donors (Lipinski definition) is 2. The predicted octanol–water partition coefficient (Wildman–Crippen LogP) is 3.36. The van der Waals surface area contributed by atoms with Crippen molar-refractivity contribution in [1.82, 2.24) is 15.0 Å². The standard InChI is InChI=1S/C16H12N4/c17-16-19-14-7-3-5-11(15(14)20-16)13-9-8-10-4-1-2-6-12(10)18-13/h1-9H,(H3,17,19,20). The van der Waals surface area contributed by atoms with Gasteiger partial charge in [-0.15, -0.1) is 0 Å². The first-order valence-corrected chi connectivity index (χ1v) is 6.42. The molecule has 4 nitrogen and oxygen atoms in total. The van der Waals surface area contributed by atoms with Crippen LogP contribution in [0.2, 0.25) is 0 Å². The van der Waals surface area contributed by atoms with E-state index in [-0.39, 0.29) is 0 Å². The molecule has 4 rings (SSSR count). The summed E-state index contributed by atoms with van der Waals surface area (Å²) in [7, 11) is 0. The fourth-order valence-corrected chi connectivity index (χ4v) is 2.47. The first-order chi connectivity index (χ1) is 9.81. The summed E-state index contributed by atoms with van der Waals surface area (Å²) < 4.78 is 0. The van der Waals surface area contributed by atoms with Gasteiger partial charge in [0, 0.05) is 10.9 Å². The Balaban J connectivity index is 2.00. The molecule has 0 aliphatic carbocycles. The number of rotatable bonds is 1. The van der Waals surface area contributed by atoms with Crippen molar-refractivity contribution in [2.75, 3.05) is 5.73 Å². The predicted molar refractivity (Wildman–Crippen MR) is 81.2 cm³/mol. The van der Waals surface area contributed by atoms with Crippen LogP contribution in [0.3, 0.4) is 0 Å². The van der Waals surface area contributed by atoms with Crippen molar-refractivity contribution in [1.29, 1.82) is 0 Å². The van der Waals surface area contributed by atoms with Gasteiger partial charge in [0.1, 0.15) is 0 Å². The van der Waals surface area contributed by atoms with Gasteiger partial charge in [0.2, 0.25) is 0 Å². The van der Waals surface area contributed by atoms with Crippen LogP contribution in [0, 0.1) is 0 Å². The normalized spacial score (nSPS) is 11.2. The van der Waals surface area contributed by atoms with Gasteiger partial charge in [-0.05, 0) is 18.2 Å². The first-order valence-electron chi connectivity index (χ1n) is 6.42. The van der Waals surface area contributed by atoms with Gasteiger partial charge < -0.3 is 10.7 Å². The van der Waals surface area contributed by atoms with Crippen molar-refractivity contribution in [3.63, 3.8) is 0 Å². The average Bonchev–Trinajstić information content (AvgIpc) is 2.86. The number of benzene rings is 2. The van der Waals surface area contributed by atoms with E-state index in [0.717, 1.165) is 33.2 Å². The Labute approximate surface area is 115 Å². The van der Waals surface area contributed by atoms with Crippen molar-refractivity contribution in [3.05, 3.63) is 54.6 Å². The molecule has 2 aromatic carbocycles. The maximum atomic E-state index is 5.74. The van der Waals surface area contributed by atoms with Crippen LogP contribution in [0.5, 0.6) is 0 Å². The molecule has 3 N–H and O–H groups in total. The summed E-state index contributed by atoms with van der Waals surface area (Å²) >= 11 is 0. The summed E-state index contributed by atoms with van der Waals surface area (Å²) in [5.74, 6) is 0.424. The summed E-state index contributed by atoms with van der Waals surface area (Å²) in [4.78, 5) is 12.1. The number of nitrogen functional groups attached to an aromatic ring is 1. The third kappa shape index (κ3) is 1.62. The maximum Gasteiger partial charge on any atom is 0.198 e. The number of nitrogens with two attached hydrogens (primary N) is 1. The molecular weight excluding hydrogens is 248 g/mol. The molecule has 0 spiro atoms. The molecule has 96 valence electrons. The van der Waals surface area contributed by atoms with E-state index in [1.165, 1.54) is 0 Å². The second kappa shape index (κ2) is 4.06. The minimum atomic E-state index is 0.424. The van der Waals surface area contributed by atoms with E-state index in [9.17, 15) is 0 Å². The van der Waals surface area contributed by atoms with Gasteiger partial charge in [-0.25, -0.2) is 9.97 Å². The molecule has 2 aromatic heterocycles. The number of hydrogen-bond acceptors (Lipinski definition) is 3. The second-order valence-electron chi connectivity index (χ2n) is 4.71. The smallest absolute Gasteiger partial charge is 0.198 e. The second-order valence-corrected chi connectivity index (χ2v) is 4.71. The molecule has 2 heterocycles. The van der Waals surface area contributed by atoms with Crippen molar-refractivity contribution >= 4 is 27.9 Å².